The molecule has 0 bridgehead atoms. The van der Waals surface area contributed by atoms with E-state index in [4.69, 9.17) is 4.74 Å². The van der Waals surface area contributed by atoms with E-state index in [-0.39, 0.29) is 11.8 Å². The lowest BCUT2D eigenvalue weighted by atomic mass is 9.90. The number of hydrogen-bond acceptors (Lipinski definition) is 2. The molecule has 0 radical (unpaired) electrons. The van der Waals surface area contributed by atoms with Crippen LogP contribution in [0.4, 0.5) is 0 Å². The molecule has 1 amide bonds. The van der Waals surface area contributed by atoms with Crippen LogP contribution in [0.5, 0.6) is 5.75 Å². The summed E-state index contributed by atoms with van der Waals surface area (Å²) < 4.78 is 5.30. The van der Waals surface area contributed by atoms with Gasteiger partial charge in [0.05, 0.1) is 7.11 Å². The predicted octanol–water partition coefficient (Wildman–Crippen LogP) is 5.05. The third kappa shape index (κ3) is 3.87. The molecule has 4 aromatic rings. The molecule has 0 unspecified atom stereocenters. The Balaban J connectivity index is 1.66. The number of aromatic nitrogens is 1. The van der Waals surface area contributed by atoms with Crippen LogP contribution >= 0.6 is 0 Å². The fourth-order valence-electron chi connectivity index (χ4n) is 3.74. The Labute approximate surface area is 170 Å². The van der Waals surface area contributed by atoms with Crippen molar-refractivity contribution in [3.63, 3.8) is 0 Å². The van der Waals surface area contributed by atoms with Crippen molar-refractivity contribution in [1.82, 2.24) is 10.3 Å². The summed E-state index contributed by atoms with van der Waals surface area (Å²) in [6, 6.07) is 23.9. The Morgan fingerprint density at radius 3 is 2.48 bits per heavy atom. The van der Waals surface area contributed by atoms with Gasteiger partial charge >= 0.3 is 0 Å². The van der Waals surface area contributed by atoms with Crippen LogP contribution in [0.2, 0.25) is 0 Å². The van der Waals surface area contributed by atoms with Gasteiger partial charge in [-0.25, -0.2) is 0 Å². The summed E-state index contributed by atoms with van der Waals surface area (Å²) >= 11 is 0. The molecule has 0 aliphatic heterocycles. The highest BCUT2D eigenvalue weighted by Crippen LogP contribution is 2.31. The van der Waals surface area contributed by atoms with Crippen molar-refractivity contribution in [2.24, 2.45) is 0 Å². The minimum Gasteiger partial charge on any atom is -0.497 e. The van der Waals surface area contributed by atoms with E-state index in [0.29, 0.717) is 12.1 Å². The van der Waals surface area contributed by atoms with Gasteiger partial charge in [0.2, 0.25) is 0 Å². The summed E-state index contributed by atoms with van der Waals surface area (Å²) in [6.45, 7) is 2.46. The molecule has 1 heterocycles. The fourth-order valence-corrected chi connectivity index (χ4v) is 3.74. The van der Waals surface area contributed by atoms with Gasteiger partial charge in [0.15, 0.2) is 0 Å². The maximum absolute atomic E-state index is 12.8. The molecule has 0 saturated heterocycles. The fraction of sp³-hybridized carbons (Fsp3) is 0.160. The van der Waals surface area contributed by atoms with Gasteiger partial charge in [-0.3, -0.25) is 4.79 Å². The molecular formula is C25H24N2O2. The van der Waals surface area contributed by atoms with Gasteiger partial charge in [-0.05, 0) is 47.9 Å². The molecule has 4 heteroatoms. The molecule has 146 valence electrons. The summed E-state index contributed by atoms with van der Waals surface area (Å²) in [5.74, 6) is 0.779. The minimum atomic E-state index is -0.0542. The molecule has 29 heavy (non-hydrogen) atoms. The Kier molecular flexibility index (Phi) is 5.34. The largest absolute Gasteiger partial charge is 0.497 e. The number of aryl methyl sites for hydroxylation is 1. The maximum atomic E-state index is 12.8. The maximum Gasteiger partial charge on any atom is 0.251 e. The van der Waals surface area contributed by atoms with Crippen LogP contribution in [-0.2, 0) is 0 Å². The number of H-pyrrole nitrogens is 1. The van der Waals surface area contributed by atoms with E-state index in [2.05, 4.69) is 34.6 Å². The second kappa shape index (κ2) is 8.23. The van der Waals surface area contributed by atoms with E-state index in [9.17, 15) is 4.79 Å². The van der Waals surface area contributed by atoms with Crippen molar-refractivity contribution in [2.75, 3.05) is 13.7 Å². The van der Waals surface area contributed by atoms with Gasteiger partial charge in [-0.2, -0.15) is 0 Å². The lowest BCUT2D eigenvalue weighted by Gasteiger charge is -2.19. The Morgan fingerprint density at radius 1 is 1.00 bits per heavy atom. The number of methoxy groups -OCH3 is 1. The molecule has 0 saturated carbocycles. The molecule has 0 spiro atoms. The second-order valence-corrected chi connectivity index (χ2v) is 7.14. The number of fused-ring (bicyclic) bond motifs is 1. The molecule has 3 aromatic carbocycles. The lowest BCUT2D eigenvalue weighted by Crippen LogP contribution is -2.29. The normalized spacial score (nSPS) is 11.9. The van der Waals surface area contributed by atoms with Crippen LogP contribution in [0.15, 0.2) is 79.0 Å². The van der Waals surface area contributed by atoms with Crippen LogP contribution in [0.25, 0.3) is 10.9 Å². The van der Waals surface area contributed by atoms with Gasteiger partial charge in [0, 0.05) is 35.1 Å². The minimum absolute atomic E-state index is 0.0185. The molecule has 1 aromatic heterocycles. The Bertz CT molecular complexity index is 1130. The van der Waals surface area contributed by atoms with Crippen LogP contribution in [0.3, 0.4) is 0 Å². The number of rotatable bonds is 6. The molecule has 4 rings (SSSR count). The predicted molar refractivity (Wildman–Crippen MR) is 117 cm³/mol. The van der Waals surface area contributed by atoms with Crippen LogP contribution < -0.4 is 10.1 Å². The van der Waals surface area contributed by atoms with Gasteiger partial charge in [-0.1, -0.05) is 48.5 Å². The highest BCUT2D eigenvalue weighted by molar-refractivity contribution is 5.95. The van der Waals surface area contributed by atoms with E-state index >= 15 is 0 Å². The van der Waals surface area contributed by atoms with Crippen molar-refractivity contribution in [2.45, 2.75) is 12.8 Å². The summed E-state index contributed by atoms with van der Waals surface area (Å²) in [5, 5.41) is 4.30. The number of ether oxygens (including phenoxy) is 1. The first-order valence-corrected chi connectivity index (χ1v) is 9.71. The number of amides is 1. The average Bonchev–Trinajstić information content (AvgIpc) is 3.18. The summed E-state index contributed by atoms with van der Waals surface area (Å²) in [6.07, 6.45) is 2.04. The monoisotopic (exact) mass is 384 g/mol. The number of para-hydroxylation sites is 1. The van der Waals surface area contributed by atoms with Crippen LogP contribution in [0, 0.1) is 6.92 Å². The third-order valence-electron chi connectivity index (χ3n) is 5.37. The van der Waals surface area contributed by atoms with Gasteiger partial charge < -0.3 is 15.0 Å². The zero-order valence-corrected chi connectivity index (χ0v) is 16.6. The van der Waals surface area contributed by atoms with Crippen molar-refractivity contribution in [3.05, 3.63) is 101 Å². The third-order valence-corrected chi connectivity index (χ3v) is 5.37. The molecule has 2 N–H and O–H groups in total. The van der Waals surface area contributed by atoms with Crippen LogP contribution in [-0.4, -0.2) is 24.5 Å². The highest BCUT2D eigenvalue weighted by Gasteiger charge is 2.20. The number of hydrogen-bond donors (Lipinski definition) is 2. The summed E-state index contributed by atoms with van der Waals surface area (Å²) in [5.41, 5.74) is 5.06. The topological polar surface area (TPSA) is 54.1 Å². The number of nitrogens with one attached hydrogen (secondary N) is 2. The van der Waals surface area contributed by atoms with E-state index in [0.717, 1.165) is 28.0 Å². The van der Waals surface area contributed by atoms with Crippen molar-refractivity contribution < 1.29 is 9.53 Å². The Morgan fingerprint density at radius 2 is 1.72 bits per heavy atom. The molecule has 1 atom stereocenters. The SMILES string of the molecule is COc1ccc([C@H](CNC(=O)c2ccccc2C)c2c[nH]c3ccccc23)cc1. The van der Waals surface area contributed by atoms with Gasteiger partial charge in [0.1, 0.15) is 5.75 Å². The number of benzene rings is 3. The lowest BCUT2D eigenvalue weighted by molar-refractivity contribution is 0.0952. The van der Waals surface area contributed by atoms with Gasteiger partial charge in [0.25, 0.3) is 5.91 Å². The quantitative estimate of drug-likeness (QED) is 0.489. The molecule has 0 aliphatic rings. The second-order valence-electron chi connectivity index (χ2n) is 7.14. The first-order valence-electron chi connectivity index (χ1n) is 9.71. The van der Waals surface area contributed by atoms with E-state index in [1.165, 1.54) is 5.39 Å². The molecular weight excluding hydrogens is 360 g/mol. The van der Waals surface area contributed by atoms with E-state index in [1.54, 1.807) is 7.11 Å². The average molecular weight is 384 g/mol. The standard InChI is InChI=1S/C25H24N2O2/c1-17-7-3-4-8-20(17)25(28)27-15-22(18-11-13-19(29-2)14-12-18)23-16-26-24-10-6-5-9-21(23)24/h3-14,16,22,26H,15H2,1-2H3,(H,27,28)/t22-/m0/s1. The first-order chi connectivity index (χ1) is 14.2. The van der Waals surface area contributed by atoms with E-state index < -0.39 is 0 Å². The molecule has 0 fully saturated rings. The van der Waals surface area contributed by atoms with Crippen molar-refractivity contribution in [1.29, 1.82) is 0 Å². The number of aromatic amines is 1. The smallest absolute Gasteiger partial charge is 0.251 e. The van der Waals surface area contributed by atoms with Crippen LogP contribution in [0.1, 0.15) is 33.0 Å². The first kappa shape index (κ1) is 18.8. The zero-order valence-electron chi connectivity index (χ0n) is 16.6. The zero-order chi connectivity index (χ0) is 20.2. The number of carbonyl (C=O) groups excluding carboxylic acids is 1. The molecule has 4 nitrogen and oxygen atoms in total. The summed E-state index contributed by atoms with van der Waals surface area (Å²) in [4.78, 5) is 16.1. The summed E-state index contributed by atoms with van der Waals surface area (Å²) in [7, 11) is 1.66. The van der Waals surface area contributed by atoms with Gasteiger partial charge in [-0.15, -0.1) is 0 Å². The van der Waals surface area contributed by atoms with Crippen molar-refractivity contribution in [3.8, 4) is 5.75 Å². The molecule has 0 aliphatic carbocycles. The van der Waals surface area contributed by atoms with E-state index in [1.807, 2.05) is 61.7 Å². The number of carbonyl (C=O) groups is 1. The van der Waals surface area contributed by atoms with Crippen molar-refractivity contribution >= 4 is 16.8 Å². The highest BCUT2D eigenvalue weighted by atomic mass is 16.5. The Hall–Kier alpha value is -3.53.